The number of halogens is 1. The lowest BCUT2D eigenvalue weighted by Crippen LogP contribution is -2.46. The number of hydrogen-bond acceptors (Lipinski definition) is 4. The molecule has 2 aromatic rings. The van der Waals surface area contributed by atoms with Crippen molar-refractivity contribution in [2.75, 3.05) is 51.3 Å². The molecule has 0 aromatic heterocycles. The maximum atomic E-state index is 13.9. The lowest BCUT2D eigenvalue weighted by Gasteiger charge is -2.36. The van der Waals surface area contributed by atoms with E-state index in [1.165, 1.54) is 11.6 Å². The number of amides is 1. The van der Waals surface area contributed by atoms with Crippen molar-refractivity contribution < 1.29 is 13.9 Å². The second-order valence-corrected chi connectivity index (χ2v) is 6.66. The number of hydrogen-bond donors (Lipinski definition) is 1. The predicted molar refractivity (Wildman–Crippen MR) is 105 cm³/mol. The number of anilines is 1. The zero-order valence-electron chi connectivity index (χ0n) is 15.7. The number of nitrogens with zero attached hydrogens (tertiary/aromatic N) is 2. The van der Waals surface area contributed by atoms with E-state index in [1.54, 1.807) is 13.2 Å². The van der Waals surface area contributed by atoms with Crippen LogP contribution in [-0.4, -0.2) is 57.2 Å². The minimum absolute atomic E-state index is 0.0860. The van der Waals surface area contributed by atoms with Gasteiger partial charge in [0.05, 0.1) is 12.3 Å². The average Bonchev–Trinajstić information content (AvgIpc) is 2.70. The van der Waals surface area contributed by atoms with Crippen LogP contribution in [0.3, 0.4) is 0 Å². The first-order valence-corrected chi connectivity index (χ1v) is 9.25. The molecule has 27 heavy (non-hydrogen) atoms. The minimum atomic E-state index is -0.162. The van der Waals surface area contributed by atoms with E-state index in [-0.39, 0.29) is 11.7 Å². The zero-order valence-corrected chi connectivity index (χ0v) is 15.7. The smallest absolute Gasteiger partial charge is 0.251 e. The van der Waals surface area contributed by atoms with Gasteiger partial charge in [0.2, 0.25) is 0 Å². The number of carbonyl (C=O) groups excluding carboxylic acids is 1. The third-order valence-corrected chi connectivity index (χ3v) is 4.78. The van der Waals surface area contributed by atoms with Gasteiger partial charge in [-0.15, -0.1) is 0 Å². The van der Waals surface area contributed by atoms with Crippen LogP contribution in [0.15, 0.2) is 48.5 Å². The van der Waals surface area contributed by atoms with Crippen LogP contribution in [0.25, 0.3) is 0 Å². The van der Waals surface area contributed by atoms with Gasteiger partial charge in [0.1, 0.15) is 5.82 Å². The Balaban J connectivity index is 1.49. The summed E-state index contributed by atoms with van der Waals surface area (Å²) in [6, 6.07) is 14.6. The van der Waals surface area contributed by atoms with Crippen LogP contribution in [-0.2, 0) is 11.3 Å². The molecule has 2 aromatic carbocycles. The van der Waals surface area contributed by atoms with Gasteiger partial charge < -0.3 is 15.0 Å². The molecule has 1 aliphatic heterocycles. The summed E-state index contributed by atoms with van der Waals surface area (Å²) in [6.07, 6.45) is 0. The second-order valence-electron chi connectivity index (χ2n) is 6.66. The maximum Gasteiger partial charge on any atom is 0.251 e. The van der Waals surface area contributed by atoms with Crippen LogP contribution < -0.4 is 10.2 Å². The lowest BCUT2D eigenvalue weighted by atomic mass is 10.1. The predicted octanol–water partition coefficient (Wildman–Crippen LogP) is 2.52. The Kier molecular flexibility index (Phi) is 6.79. The summed E-state index contributed by atoms with van der Waals surface area (Å²) in [4.78, 5) is 16.5. The molecule has 1 amide bonds. The fourth-order valence-corrected chi connectivity index (χ4v) is 3.24. The summed E-state index contributed by atoms with van der Waals surface area (Å²) in [5.41, 5.74) is 2.50. The van der Waals surface area contributed by atoms with Crippen LogP contribution in [0.1, 0.15) is 15.9 Å². The quantitative estimate of drug-likeness (QED) is 0.760. The highest BCUT2D eigenvalue weighted by Crippen LogP contribution is 2.20. The topological polar surface area (TPSA) is 44.8 Å². The number of carbonyl (C=O) groups is 1. The average molecular weight is 371 g/mol. The van der Waals surface area contributed by atoms with Gasteiger partial charge >= 0.3 is 0 Å². The fraction of sp³-hybridized carbons (Fsp3) is 0.381. The maximum absolute atomic E-state index is 13.9. The van der Waals surface area contributed by atoms with E-state index in [4.69, 9.17) is 4.74 Å². The highest BCUT2D eigenvalue weighted by Gasteiger charge is 2.19. The molecule has 6 heteroatoms. The Morgan fingerprint density at radius 1 is 1.07 bits per heavy atom. The Labute approximate surface area is 159 Å². The van der Waals surface area contributed by atoms with Gasteiger partial charge in [0.15, 0.2) is 0 Å². The van der Waals surface area contributed by atoms with Gasteiger partial charge in [-0.2, -0.15) is 0 Å². The van der Waals surface area contributed by atoms with Crippen molar-refractivity contribution in [1.82, 2.24) is 10.2 Å². The van der Waals surface area contributed by atoms with E-state index >= 15 is 0 Å². The molecule has 0 radical (unpaired) electrons. The minimum Gasteiger partial charge on any atom is -0.383 e. The van der Waals surface area contributed by atoms with Gasteiger partial charge in [-0.1, -0.05) is 24.3 Å². The fourth-order valence-electron chi connectivity index (χ4n) is 3.24. The molecule has 144 valence electrons. The van der Waals surface area contributed by atoms with Crippen molar-refractivity contribution in [2.24, 2.45) is 0 Å². The molecule has 0 bridgehead atoms. The van der Waals surface area contributed by atoms with Crippen molar-refractivity contribution in [3.63, 3.8) is 0 Å². The Morgan fingerprint density at radius 2 is 1.78 bits per heavy atom. The van der Waals surface area contributed by atoms with E-state index < -0.39 is 0 Å². The number of methoxy groups -OCH3 is 1. The lowest BCUT2D eigenvalue weighted by molar-refractivity contribution is 0.0937. The van der Waals surface area contributed by atoms with Gasteiger partial charge in [-0.05, 0) is 29.8 Å². The molecule has 1 saturated heterocycles. The molecule has 1 heterocycles. The van der Waals surface area contributed by atoms with Crippen molar-refractivity contribution >= 4 is 11.6 Å². The summed E-state index contributed by atoms with van der Waals surface area (Å²) in [5.74, 6) is -0.248. The summed E-state index contributed by atoms with van der Waals surface area (Å²) < 4.78 is 18.9. The molecule has 0 atom stereocenters. The monoisotopic (exact) mass is 371 g/mol. The first-order valence-electron chi connectivity index (χ1n) is 9.25. The largest absolute Gasteiger partial charge is 0.383 e. The van der Waals surface area contributed by atoms with Gasteiger partial charge in [0.25, 0.3) is 5.91 Å². The number of benzene rings is 2. The van der Waals surface area contributed by atoms with Crippen molar-refractivity contribution in [2.45, 2.75) is 6.54 Å². The Bertz CT molecular complexity index is 743. The summed E-state index contributed by atoms with van der Waals surface area (Å²) in [5, 5.41) is 2.82. The van der Waals surface area contributed by atoms with Gasteiger partial charge in [0, 0.05) is 51.9 Å². The molecule has 1 N–H and O–H groups in total. The number of para-hydroxylation sites is 1. The highest BCUT2D eigenvalue weighted by molar-refractivity contribution is 5.94. The molecule has 0 unspecified atom stereocenters. The molecule has 0 saturated carbocycles. The third-order valence-electron chi connectivity index (χ3n) is 4.78. The van der Waals surface area contributed by atoms with E-state index in [0.29, 0.717) is 24.4 Å². The summed E-state index contributed by atoms with van der Waals surface area (Å²) >= 11 is 0. The van der Waals surface area contributed by atoms with Crippen molar-refractivity contribution in [1.29, 1.82) is 0 Å². The van der Waals surface area contributed by atoms with Crippen molar-refractivity contribution in [3.05, 3.63) is 65.5 Å². The number of rotatable bonds is 7. The first-order chi connectivity index (χ1) is 13.2. The normalized spacial score (nSPS) is 15.0. The summed E-state index contributed by atoms with van der Waals surface area (Å²) in [7, 11) is 1.61. The van der Waals surface area contributed by atoms with Gasteiger partial charge in [-0.3, -0.25) is 9.69 Å². The first kappa shape index (κ1) is 19.3. The van der Waals surface area contributed by atoms with E-state index in [1.807, 2.05) is 36.4 Å². The molecule has 0 spiro atoms. The molecular formula is C21H26FN3O2. The van der Waals surface area contributed by atoms with Crippen molar-refractivity contribution in [3.8, 4) is 0 Å². The molecule has 5 nitrogen and oxygen atoms in total. The van der Waals surface area contributed by atoms with Crippen LogP contribution in [0.2, 0.25) is 0 Å². The van der Waals surface area contributed by atoms with E-state index in [9.17, 15) is 9.18 Å². The molecule has 0 aliphatic carbocycles. The van der Waals surface area contributed by atoms with Crippen LogP contribution in [0.5, 0.6) is 0 Å². The number of nitrogens with one attached hydrogen (secondary N) is 1. The number of ether oxygens (including phenoxy) is 1. The number of piperazine rings is 1. The summed E-state index contributed by atoms with van der Waals surface area (Å²) in [6.45, 7) is 5.21. The van der Waals surface area contributed by atoms with E-state index in [2.05, 4.69) is 15.1 Å². The molecule has 1 fully saturated rings. The molecule has 3 rings (SSSR count). The Hall–Kier alpha value is -2.44. The zero-order chi connectivity index (χ0) is 19.1. The SMILES string of the molecule is COCCNC(=O)c1ccc(CN2CCN(c3ccccc3F)CC2)cc1. The second kappa shape index (κ2) is 9.48. The van der Waals surface area contributed by atoms with E-state index in [0.717, 1.165) is 32.7 Å². The van der Waals surface area contributed by atoms with Gasteiger partial charge in [-0.25, -0.2) is 4.39 Å². The molecular weight excluding hydrogens is 345 g/mol. The molecule has 1 aliphatic rings. The highest BCUT2D eigenvalue weighted by atomic mass is 19.1. The standard InChI is InChI=1S/C21H26FN3O2/c1-27-15-10-23-21(26)18-8-6-17(7-9-18)16-24-11-13-25(14-12-24)20-5-3-2-4-19(20)22/h2-9H,10-16H2,1H3,(H,23,26). The van der Waals surface area contributed by atoms with Crippen LogP contribution >= 0.6 is 0 Å². The van der Waals surface area contributed by atoms with Crippen LogP contribution in [0.4, 0.5) is 10.1 Å². The van der Waals surface area contributed by atoms with Crippen LogP contribution in [0, 0.1) is 5.82 Å². The third kappa shape index (κ3) is 5.28. The Morgan fingerprint density at radius 3 is 2.44 bits per heavy atom.